The minimum atomic E-state index is -2.61. The highest BCUT2D eigenvalue weighted by Gasteiger charge is 2.40. The van der Waals surface area contributed by atoms with Crippen LogP contribution in [0.4, 0.5) is 0 Å². The van der Waals surface area contributed by atoms with Gasteiger partial charge in [0.15, 0.2) is 0 Å². The van der Waals surface area contributed by atoms with Crippen molar-refractivity contribution in [1.82, 2.24) is 4.90 Å². The number of esters is 1. The molecule has 0 saturated carbocycles. The molecule has 0 amide bonds. The van der Waals surface area contributed by atoms with E-state index in [0.717, 1.165) is 19.0 Å². The Hall–Kier alpha value is -0.676. The number of aliphatic hydroxyl groups excluding tert-OH is 1. The van der Waals surface area contributed by atoms with E-state index in [9.17, 15) is 4.79 Å². The number of carbonyl (C=O) groups is 1. The molecule has 12 heteroatoms. The van der Waals surface area contributed by atoms with Crippen molar-refractivity contribution in [2.45, 2.75) is 73.4 Å². The maximum absolute atomic E-state index is 11.2. The summed E-state index contributed by atoms with van der Waals surface area (Å²) in [5.74, 6) is -0.364. The van der Waals surface area contributed by atoms with Gasteiger partial charge in [-0.25, -0.2) is 4.79 Å². The molecule has 0 aliphatic rings. The van der Waals surface area contributed by atoms with Crippen molar-refractivity contribution >= 4 is 23.6 Å². The molecule has 0 aromatic rings. The van der Waals surface area contributed by atoms with Crippen LogP contribution in [-0.4, -0.2) is 107 Å². The second kappa shape index (κ2) is 24.4. The van der Waals surface area contributed by atoms with Gasteiger partial charge in [0.1, 0.15) is 0 Å². The molecule has 0 heterocycles. The molecule has 0 fully saturated rings. The lowest BCUT2D eigenvalue weighted by Crippen LogP contribution is -2.46. The first-order valence-corrected chi connectivity index (χ1v) is 17.5. The minimum Gasteiger partial charge on any atom is -0.462 e. The average molecular weight is 570 g/mol. The second-order valence-electron chi connectivity index (χ2n) is 8.11. The quantitative estimate of drug-likeness (QED) is 0.0843. The van der Waals surface area contributed by atoms with Gasteiger partial charge in [-0.05, 0) is 74.9 Å². The summed E-state index contributed by atoms with van der Waals surface area (Å²) in [6.45, 7) is 22.5. The van der Waals surface area contributed by atoms with Crippen molar-refractivity contribution in [1.29, 1.82) is 0 Å². The van der Waals surface area contributed by atoms with Crippen molar-refractivity contribution in [2.24, 2.45) is 0 Å². The maximum atomic E-state index is 11.2. The second-order valence-corrected chi connectivity index (χ2v) is 13.6. The number of carbonyl (C=O) groups excluding carboxylic acids is 1. The van der Waals surface area contributed by atoms with Crippen molar-refractivity contribution in [2.75, 3.05) is 73.0 Å². The van der Waals surface area contributed by atoms with Gasteiger partial charge in [0.05, 0.1) is 13.2 Å². The number of ether oxygens (including phenoxy) is 1. The molecule has 1 N–H and O–H groups in total. The summed E-state index contributed by atoms with van der Waals surface area (Å²) < 4.78 is 39.5. The summed E-state index contributed by atoms with van der Waals surface area (Å²) in [6.07, 6.45) is 1.62. The Bertz CT molecular complexity index is 536. The van der Waals surface area contributed by atoms with Gasteiger partial charge in [0.2, 0.25) is 0 Å². The predicted octanol–water partition coefficient (Wildman–Crippen LogP) is 3.89. The predicted molar refractivity (Wildman–Crippen MR) is 150 cm³/mol. The highest BCUT2D eigenvalue weighted by molar-refractivity contribution is 6.61. The molecule has 0 saturated heterocycles. The molecule has 10 nitrogen and oxygen atoms in total. The van der Waals surface area contributed by atoms with E-state index in [2.05, 4.69) is 11.5 Å². The lowest BCUT2D eigenvalue weighted by molar-refractivity contribution is -0.139. The molecule has 0 aromatic carbocycles. The Morgan fingerprint density at radius 2 is 1.11 bits per heavy atom. The summed E-state index contributed by atoms with van der Waals surface area (Å²) >= 11 is 0. The van der Waals surface area contributed by atoms with Gasteiger partial charge >= 0.3 is 23.6 Å². The Balaban J connectivity index is 0. The molecule has 0 rings (SSSR count). The lowest BCUT2D eigenvalue weighted by Gasteiger charge is -2.29. The van der Waals surface area contributed by atoms with Gasteiger partial charge in [-0.3, -0.25) is 0 Å². The minimum absolute atomic E-state index is 0.196. The number of nitrogens with zero attached hydrogens (tertiary/aromatic N) is 1. The summed E-state index contributed by atoms with van der Waals surface area (Å²) in [5.41, 5.74) is 0.405. The molecule has 0 aromatic heterocycles. The van der Waals surface area contributed by atoms with Crippen LogP contribution in [0.2, 0.25) is 12.1 Å². The molecule has 0 bridgehead atoms. The Kier molecular flexibility index (Phi) is 25.3. The largest absolute Gasteiger partial charge is 0.501 e. The summed E-state index contributed by atoms with van der Waals surface area (Å²) in [5, 5.41) is 8.84. The third kappa shape index (κ3) is 19.1. The van der Waals surface area contributed by atoms with Crippen LogP contribution in [0.1, 0.15) is 61.3 Å². The third-order valence-corrected chi connectivity index (χ3v) is 11.2. The lowest BCUT2D eigenvalue weighted by atomic mass is 10.4. The summed E-state index contributed by atoms with van der Waals surface area (Å²) in [7, 11) is -3.08. The maximum Gasteiger partial charge on any atom is 0.501 e. The first kappa shape index (κ1) is 38.5. The number of likely N-dealkylation sites (N-methyl/N-ethyl adjacent to an activating group) is 1. The van der Waals surface area contributed by atoms with Gasteiger partial charge < -0.3 is 41.3 Å². The molecular weight excluding hydrogens is 514 g/mol. The van der Waals surface area contributed by atoms with Crippen molar-refractivity contribution < 1.29 is 41.2 Å². The van der Waals surface area contributed by atoms with Gasteiger partial charge in [-0.1, -0.05) is 6.58 Å². The van der Waals surface area contributed by atoms with Crippen LogP contribution in [0.3, 0.4) is 0 Å². The monoisotopic (exact) mass is 569 g/mol. The Labute approximate surface area is 228 Å². The number of rotatable bonds is 23. The van der Waals surface area contributed by atoms with Crippen LogP contribution in [0.15, 0.2) is 12.2 Å². The Morgan fingerprint density at radius 3 is 1.43 bits per heavy atom. The summed E-state index contributed by atoms with van der Waals surface area (Å²) in [6, 6.07) is 1.48. The normalized spacial score (nSPS) is 11.8. The molecule has 0 unspecified atom stereocenters. The highest BCUT2D eigenvalue weighted by Crippen LogP contribution is 2.19. The van der Waals surface area contributed by atoms with E-state index in [1.54, 1.807) is 6.92 Å². The van der Waals surface area contributed by atoms with E-state index >= 15 is 0 Å². The van der Waals surface area contributed by atoms with E-state index in [1.807, 2.05) is 48.6 Å². The third-order valence-electron chi connectivity index (χ3n) is 4.90. The number of hydrogen-bond acceptors (Lipinski definition) is 10. The zero-order valence-electron chi connectivity index (χ0n) is 24.8. The smallest absolute Gasteiger partial charge is 0.462 e. The van der Waals surface area contributed by atoms with Gasteiger partial charge in [0.25, 0.3) is 0 Å². The standard InChI is InChI=1S/C13H26O5Si.C12H29NO4Si/c1-6-16-19(17-7-2,18-8-3)11-9-10-15-13(14)12(4)5;1-5-15-18(16-6-2,17-7-3)12-8-9-13(4)10-11-14/h4,6-11H2,1-3,5H3;14H,5-12H2,1-4H3. The van der Waals surface area contributed by atoms with E-state index in [0.29, 0.717) is 70.8 Å². The van der Waals surface area contributed by atoms with Gasteiger partial charge in [-0.15, -0.1) is 0 Å². The molecule has 0 aliphatic carbocycles. The van der Waals surface area contributed by atoms with Crippen LogP contribution in [-0.2, 0) is 36.1 Å². The molecular formula is C25H55NO9Si2. The zero-order valence-corrected chi connectivity index (χ0v) is 26.8. The molecule has 0 radical (unpaired) electrons. The van der Waals surface area contributed by atoms with E-state index in [-0.39, 0.29) is 12.6 Å². The molecule has 0 aliphatic heterocycles. The van der Waals surface area contributed by atoms with Crippen molar-refractivity contribution in [3.05, 3.63) is 12.2 Å². The SMILES string of the molecule is C=C(C)C(=O)OCCC[Si](OCC)(OCC)OCC.CCO[Si](CCCN(C)CCO)(OCC)OCC. The zero-order chi connectivity index (χ0) is 28.6. The fraction of sp³-hybridized carbons (Fsp3) is 0.880. The number of hydrogen-bond donors (Lipinski definition) is 1. The molecule has 222 valence electrons. The van der Waals surface area contributed by atoms with E-state index in [4.69, 9.17) is 36.4 Å². The van der Waals surface area contributed by atoms with Gasteiger partial charge in [0, 0.05) is 63.8 Å². The van der Waals surface area contributed by atoms with Crippen LogP contribution in [0.5, 0.6) is 0 Å². The van der Waals surface area contributed by atoms with Crippen molar-refractivity contribution in [3.63, 3.8) is 0 Å². The fourth-order valence-corrected chi connectivity index (χ4v) is 8.60. The fourth-order valence-electron chi connectivity index (χ4n) is 3.43. The highest BCUT2D eigenvalue weighted by atomic mass is 28.4. The summed E-state index contributed by atoms with van der Waals surface area (Å²) in [4.78, 5) is 13.3. The van der Waals surface area contributed by atoms with Crippen LogP contribution in [0, 0.1) is 0 Å². The molecule has 0 spiro atoms. The van der Waals surface area contributed by atoms with Crippen LogP contribution >= 0.6 is 0 Å². The average Bonchev–Trinajstić information content (AvgIpc) is 2.83. The first-order chi connectivity index (χ1) is 17.6. The van der Waals surface area contributed by atoms with E-state index in [1.165, 1.54) is 0 Å². The van der Waals surface area contributed by atoms with Crippen LogP contribution < -0.4 is 0 Å². The van der Waals surface area contributed by atoms with E-state index < -0.39 is 17.6 Å². The molecule has 0 atom stereocenters. The Morgan fingerprint density at radius 1 is 0.730 bits per heavy atom. The van der Waals surface area contributed by atoms with Gasteiger partial charge in [-0.2, -0.15) is 0 Å². The van der Waals surface area contributed by atoms with Crippen LogP contribution in [0.25, 0.3) is 0 Å². The topological polar surface area (TPSA) is 105 Å². The van der Waals surface area contributed by atoms with Crippen molar-refractivity contribution in [3.8, 4) is 0 Å². The molecule has 37 heavy (non-hydrogen) atoms. The number of aliphatic hydroxyl groups is 1. The first-order valence-electron chi connectivity index (χ1n) is 13.6.